The van der Waals surface area contributed by atoms with Gasteiger partial charge < -0.3 is 14.0 Å². The van der Waals surface area contributed by atoms with Crippen molar-refractivity contribution in [2.45, 2.75) is 32.3 Å². The number of hydrogen-bond acceptors (Lipinski definition) is 3. The molecule has 4 heteroatoms. The Bertz CT molecular complexity index is 743. The molecule has 4 nitrogen and oxygen atoms in total. The number of ether oxygens (including phenoxy) is 2. The van der Waals surface area contributed by atoms with Crippen LogP contribution >= 0.6 is 0 Å². The van der Waals surface area contributed by atoms with Gasteiger partial charge in [-0.25, -0.2) is 0 Å². The molecule has 3 rings (SSSR count). The number of rotatable bonds is 1. The van der Waals surface area contributed by atoms with E-state index in [2.05, 4.69) is 13.8 Å². The van der Waals surface area contributed by atoms with E-state index in [0.29, 0.717) is 5.75 Å². The molecular formula is C16H19NO3. The molecule has 0 N–H and O–H groups in total. The van der Waals surface area contributed by atoms with Crippen LogP contribution in [0.25, 0.3) is 10.9 Å². The van der Waals surface area contributed by atoms with Crippen molar-refractivity contribution in [3.05, 3.63) is 34.1 Å². The summed E-state index contributed by atoms with van der Waals surface area (Å²) in [7, 11) is 3.40. The minimum atomic E-state index is -0.241. The van der Waals surface area contributed by atoms with Gasteiger partial charge in [-0.05, 0) is 38.8 Å². The Hall–Kier alpha value is -1.97. The topological polar surface area (TPSA) is 40.5 Å². The summed E-state index contributed by atoms with van der Waals surface area (Å²) in [5.41, 5.74) is 1.33. The maximum absolute atomic E-state index is 12.5. The quantitative estimate of drug-likeness (QED) is 0.802. The highest BCUT2D eigenvalue weighted by atomic mass is 16.5. The second-order valence-corrected chi connectivity index (χ2v) is 5.89. The average Bonchev–Trinajstić information content (AvgIpc) is 2.43. The van der Waals surface area contributed by atoms with E-state index in [1.54, 1.807) is 18.7 Å². The van der Waals surface area contributed by atoms with Crippen LogP contribution in [-0.4, -0.2) is 17.3 Å². The molecule has 1 aromatic carbocycles. The Morgan fingerprint density at radius 1 is 1.35 bits per heavy atom. The van der Waals surface area contributed by atoms with E-state index < -0.39 is 0 Å². The molecule has 0 saturated heterocycles. The van der Waals surface area contributed by atoms with Crippen molar-refractivity contribution in [1.29, 1.82) is 0 Å². The van der Waals surface area contributed by atoms with Crippen molar-refractivity contribution < 1.29 is 9.47 Å². The summed E-state index contributed by atoms with van der Waals surface area (Å²) in [6.07, 6.45) is 1.60. The minimum Gasteiger partial charge on any atom is -0.495 e. The summed E-state index contributed by atoms with van der Waals surface area (Å²) in [5.74, 6) is 1.41. The van der Waals surface area contributed by atoms with Gasteiger partial charge in [0.25, 0.3) is 5.56 Å². The predicted octanol–water partition coefficient (Wildman–Crippen LogP) is 2.65. The summed E-state index contributed by atoms with van der Waals surface area (Å²) >= 11 is 0. The van der Waals surface area contributed by atoms with Crippen molar-refractivity contribution in [2.24, 2.45) is 7.05 Å². The van der Waals surface area contributed by atoms with E-state index in [-0.39, 0.29) is 11.2 Å². The number of nitrogens with zero attached hydrogens (tertiary/aromatic N) is 1. The van der Waals surface area contributed by atoms with E-state index in [1.807, 2.05) is 18.2 Å². The molecule has 20 heavy (non-hydrogen) atoms. The summed E-state index contributed by atoms with van der Waals surface area (Å²) < 4.78 is 13.2. The summed E-state index contributed by atoms with van der Waals surface area (Å²) in [4.78, 5) is 12.5. The van der Waals surface area contributed by atoms with Crippen LogP contribution in [-0.2, 0) is 13.5 Å². The van der Waals surface area contributed by atoms with Crippen LogP contribution in [0.4, 0.5) is 0 Å². The molecule has 0 spiro atoms. The first kappa shape index (κ1) is 13.0. The van der Waals surface area contributed by atoms with Crippen LogP contribution in [0.2, 0.25) is 0 Å². The molecule has 2 heterocycles. The largest absolute Gasteiger partial charge is 0.495 e. The first-order chi connectivity index (χ1) is 9.44. The highest BCUT2D eigenvalue weighted by Crippen LogP contribution is 2.38. The molecule has 106 valence electrons. The second-order valence-electron chi connectivity index (χ2n) is 5.89. The molecule has 0 bridgehead atoms. The maximum atomic E-state index is 12.5. The van der Waals surface area contributed by atoms with Gasteiger partial charge in [0.05, 0.1) is 18.2 Å². The second kappa shape index (κ2) is 4.27. The molecule has 2 aromatic rings. The molecule has 0 unspecified atom stereocenters. The molecule has 0 fully saturated rings. The third kappa shape index (κ3) is 1.79. The molecule has 0 radical (unpaired) electrons. The van der Waals surface area contributed by atoms with Crippen molar-refractivity contribution in [1.82, 2.24) is 4.57 Å². The van der Waals surface area contributed by atoms with Crippen molar-refractivity contribution in [3.63, 3.8) is 0 Å². The Morgan fingerprint density at radius 2 is 2.10 bits per heavy atom. The Kier molecular flexibility index (Phi) is 2.78. The number of para-hydroxylation sites is 1. The highest BCUT2D eigenvalue weighted by Gasteiger charge is 2.31. The smallest absolute Gasteiger partial charge is 0.257 e. The molecular weight excluding hydrogens is 254 g/mol. The Balaban J connectivity index is 2.43. The monoisotopic (exact) mass is 273 g/mol. The van der Waals surface area contributed by atoms with Gasteiger partial charge in [-0.2, -0.15) is 0 Å². The number of aryl methyl sites for hydroxylation is 1. The zero-order chi connectivity index (χ0) is 14.5. The fourth-order valence-corrected chi connectivity index (χ4v) is 2.87. The normalized spacial score (nSPS) is 16.6. The molecule has 0 aliphatic carbocycles. The van der Waals surface area contributed by atoms with E-state index in [9.17, 15) is 4.79 Å². The van der Waals surface area contributed by atoms with Crippen LogP contribution < -0.4 is 15.0 Å². The van der Waals surface area contributed by atoms with Crippen molar-refractivity contribution in [3.8, 4) is 11.5 Å². The van der Waals surface area contributed by atoms with Crippen molar-refractivity contribution >= 4 is 10.9 Å². The van der Waals surface area contributed by atoms with Gasteiger partial charge in [-0.1, -0.05) is 6.07 Å². The van der Waals surface area contributed by atoms with Crippen LogP contribution in [0.1, 0.15) is 25.8 Å². The van der Waals surface area contributed by atoms with Gasteiger partial charge >= 0.3 is 0 Å². The molecule has 0 atom stereocenters. The third-order valence-corrected chi connectivity index (χ3v) is 3.99. The van der Waals surface area contributed by atoms with Gasteiger partial charge in [0.15, 0.2) is 0 Å². The van der Waals surface area contributed by atoms with Gasteiger partial charge in [0.1, 0.15) is 17.1 Å². The number of aromatic nitrogens is 1. The first-order valence-corrected chi connectivity index (χ1v) is 6.82. The molecule has 1 aliphatic rings. The lowest BCUT2D eigenvalue weighted by molar-refractivity contribution is 0.0860. The standard InChI is InChI=1S/C16H19NO3/c1-16(2)9-8-11-14(20-16)10-6-5-7-12(19-4)13(10)17(3)15(11)18/h5-7H,8-9H2,1-4H3. The Morgan fingerprint density at radius 3 is 2.80 bits per heavy atom. The lowest BCUT2D eigenvalue weighted by Gasteiger charge is -2.33. The third-order valence-electron chi connectivity index (χ3n) is 3.99. The number of fused-ring (bicyclic) bond motifs is 3. The predicted molar refractivity (Wildman–Crippen MR) is 78.8 cm³/mol. The molecule has 0 saturated carbocycles. The molecule has 0 amide bonds. The summed E-state index contributed by atoms with van der Waals surface area (Å²) in [6.45, 7) is 4.11. The Labute approximate surface area is 117 Å². The highest BCUT2D eigenvalue weighted by molar-refractivity contribution is 5.91. The van der Waals surface area contributed by atoms with Crippen LogP contribution in [0.3, 0.4) is 0 Å². The van der Waals surface area contributed by atoms with Gasteiger partial charge in [0, 0.05) is 12.4 Å². The van der Waals surface area contributed by atoms with E-state index in [1.165, 1.54) is 0 Å². The van der Waals surface area contributed by atoms with E-state index in [4.69, 9.17) is 9.47 Å². The SMILES string of the molecule is COc1cccc2c3c(c(=O)n(C)c12)CCC(C)(C)O3. The van der Waals surface area contributed by atoms with Crippen LogP contribution in [0, 0.1) is 0 Å². The van der Waals surface area contributed by atoms with Crippen LogP contribution in [0.5, 0.6) is 11.5 Å². The average molecular weight is 273 g/mol. The number of benzene rings is 1. The zero-order valence-electron chi connectivity index (χ0n) is 12.3. The number of hydrogen-bond donors (Lipinski definition) is 0. The minimum absolute atomic E-state index is 0.00694. The summed E-state index contributed by atoms with van der Waals surface area (Å²) in [5, 5.41) is 0.939. The van der Waals surface area contributed by atoms with Gasteiger partial charge in [-0.15, -0.1) is 0 Å². The number of methoxy groups -OCH3 is 1. The molecule has 1 aromatic heterocycles. The lowest BCUT2D eigenvalue weighted by Crippen LogP contribution is -2.36. The zero-order valence-corrected chi connectivity index (χ0v) is 12.3. The number of pyridine rings is 1. The fraction of sp³-hybridized carbons (Fsp3) is 0.438. The van der Waals surface area contributed by atoms with Gasteiger partial charge in [0.2, 0.25) is 0 Å². The van der Waals surface area contributed by atoms with Gasteiger partial charge in [-0.3, -0.25) is 4.79 Å². The molecule has 1 aliphatic heterocycles. The van der Waals surface area contributed by atoms with E-state index >= 15 is 0 Å². The fourth-order valence-electron chi connectivity index (χ4n) is 2.87. The van der Waals surface area contributed by atoms with Crippen molar-refractivity contribution in [2.75, 3.05) is 7.11 Å². The first-order valence-electron chi connectivity index (χ1n) is 6.82. The van der Waals surface area contributed by atoms with E-state index in [0.717, 1.165) is 35.1 Å². The van der Waals surface area contributed by atoms with Crippen LogP contribution in [0.15, 0.2) is 23.0 Å². The summed E-state index contributed by atoms with van der Waals surface area (Å²) in [6, 6.07) is 5.77. The lowest BCUT2D eigenvalue weighted by atomic mass is 9.93. The maximum Gasteiger partial charge on any atom is 0.257 e.